The maximum absolute atomic E-state index is 12.3. The zero-order valence-corrected chi connectivity index (χ0v) is 14.2. The van der Waals surface area contributed by atoms with Crippen LogP contribution in [0.2, 0.25) is 5.02 Å². The fourth-order valence-electron chi connectivity index (χ4n) is 2.05. The molecule has 1 amide bonds. The van der Waals surface area contributed by atoms with Crippen LogP contribution in [0.25, 0.3) is 0 Å². The summed E-state index contributed by atoms with van der Waals surface area (Å²) in [5.41, 5.74) is 0.646. The Morgan fingerprint density at radius 1 is 1.21 bits per heavy atom. The minimum Gasteiger partial charge on any atom is -0.468 e. The smallest absolute Gasteiger partial charge is 0.325 e. The first-order chi connectivity index (χ1) is 11.5. The first-order valence-corrected chi connectivity index (χ1v) is 7.69. The van der Waals surface area contributed by atoms with Gasteiger partial charge in [-0.3, -0.25) is 9.59 Å². The lowest BCUT2D eigenvalue weighted by Crippen LogP contribution is -2.33. The highest BCUT2D eigenvalue weighted by atomic mass is 35.5. The summed E-state index contributed by atoms with van der Waals surface area (Å²) >= 11 is 6.04. The van der Waals surface area contributed by atoms with E-state index in [9.17, 15) is 9.59 Å². The van der Waals surface area contributed by atoms with Crippen molar-refractivity contribution >= 4 is 23.5 Å². The molecule has 0 aliphatic heterocycles. The molecule has 5 nitrogen and oxygen atoms in total. The Labute approximate surface area is 145 Å². The van der Waals surface area contributed by atoms with Crippen molar-refractivity contribution < 1.29 is 19.1 Å². The van der Waals surface area contributed by atoms with E-state index in [0.717, 1.165) is 0 Å². The largest absolute Gasteiger partial charge is 0.468 e. The van der Waals surface area contributed by atoms with E-state index in [1.165, 1.54) is 12.0 Å². The van der Waals surface area contributed by atoms with E-state index in [-0.39, 0.29) is 18.9 Å². The summed E-state index contributed by atoms with van der Waals surface area (Å²) in [4.78, 5) is 24.9. The van der Waals surface area contributed by atoms with E-state index < -0.39 is 5.97 Å². The van der Waals surface area contributed by atoms with Crippen molar-refractivity contribution in [1.29, 1.82) is 0 Å². The summed E-state index contributed by atoms with van der Waals surface area (Å²) < 4.78 is 10.4. The number of likely N-dealkylation sites (N-methyl/N-ethyl adjacent to an activating group) is 1. The van der Waals surface area contributed by atoms with Gasteiger partial charge < -0.3 is 14.4 Å². The van der Waals surface area contributed by atoms with Crippen molar-refractivity contribution in [2.75, 3.05) is 20.7 Å². The highest BCUT2D eigenvalue weighted by molar-refractivity contribution is 6.30. The summed E-state index contributed by atoms with van der Waals surface area (Å²) in [5.74, 6) is 0.500. The topological polar surface area (TPSA) is 55.8 Å². The van der Waals surface area contributed by atoms with E-state index in [1.807, 2.05) is 30.3 Å². The monoisotopic (exact) mass is 349 g/mol. The molecular formula is C18H18ClNO4. The summed E-state index contributed by atoms with van der Waals surface area (Å²) in [6, 6.07) is 14.4. The van der Waals surface area contributed by atoms with Gasteiger partial charge in [0.1, 0.15) is 18.0 Å². The van der Waals surface area contributed by atoms with Crippen molar-refractivity contribution in [3.63, 3.8) is 0 Å². The Kier molecular flexibility index (Phi) is 6.21. The molecule has 126 valence electrons. The van der Waals surface area contributed by atoms with Crippen LogP contribution in [-0.4, -0.2) is 37.5 Å². The molecule has 0 bridgehead atoms. The van der Waals surface area contributed by atoms with Crippen molar-refractivity contribution in [3.05, 3.63) is 59.1 Å². The molecule has 0 radical (unpaired) electrons. The number of rotatable bonds is 6. The number of benzene rings is 2. The molecule has 0 fully saturated rings. The van der Waals surface area contributed by atoms with Crippen LogP contribution in [0, 0.1) is 0 Å². The second kappa shape index (κ2) is 8.36. The van der Waals surface area contributed by atoms with E-state index in [2.05, 4.69) is 4.74 Å². The van der Waals surface area contributed by atoms with Gasteiger partial charge >= 0.3 is 5.97 Å². The van der Waals surface area contributed by atoms with Gasteiger partial charge in [-0.25, -0.2) is 0 Å². The van der Waals surface area contributed by atoms with Gasteiger partial charge in [-0.2, -0.15) is 0 Å². The number of hydrogen-bond donors (Lipinski definition) is 0. The Morgan fingerprint density at radius 3 is 2.58 bits per heavy atom. The van der Waals surface area contributed by atoms with Crippen molar-refractivity contribution in [2.24, 2.45) is 0 Å². The average molecular weight is 350 g/mol. The lowest BCUT2D eigenvalue weighted by atomic mass is 10.1. The third kappa shape index (κ3) is 4.99. The van der Waals surface area contributed by atoms with Crippen LogP contribution < -0.4 is 4.74 Å². The molecule has 6 heteroatoms. The lowest BCUT2D eigenvalue weighted by Gasteiger charge is -2.17. The van der Waals surface area contributed by atoms with Crippen LogP contribution in [0.1, 0.15) is 5.56 Å². The SMILES string of the molecule is CO[14C](=O)CN(C)C(=O)Cc1cc(Cl)ccc1Oc1ccccc1. The number of nitrogens with zero attached hydrogens (tertiary/aromatic N) is 1. The molecule has 0 aliphatic carbocycles. The van der Waals surface area contributed by atoms with E-state index in [1.54, 1.807) is 25.2 Å². The summed E-state index contributed by atoms with van der Waals surface area (Å²) in [6.07, 6.45) is 0.0657. The van der Waals surface area contributed by atoms with Gasteiger partial charge in [-0.1, -0.05) is 29.8 Å². The first kappa shape index (κ1) is 17.8. The average Bonchev–Trinajstić information content (AvgIpc) is 2.58. The molecule has 0 spiro atoms. The molecule has 0 atom stereocenters. The quantitative estimate of drug-likeness (QED) is 0.751. The minimum absolute atomic E-state index is 0.0657. The molecular weight excluding hydrogens is 332 g/mol. The summed E-state index contributed by atoms with van der Waals surface area (Å²) in [5, 5.41) is 0.508. The van der Waals surface area contributed by atoms with Gasteiger partial charge in [-0.15, -0.1) is 0 Å². The van der Waals surface area contributed by atoms with Crippen LogP contribution in [0.3, 0.4) is 0 Å². The summed E-state index contributed by atoms with van der Waals surface area (Å²) in [6.45, 7) is -0.106. The Bertz CT molecular complexity index is 718. The number of ether oxygens (including phenoxy) is 2. The van der Waals surface area contributed by atoms with Gasteiger partial charge in [-0.05, 0) is 30.3 Å². The molecule has 0 saturated carbocycles. The number of para-hydroxylation sites is 1. The molecule has 0 N–H and O–H groups in total. The van der Waals surface area contributed by atoms with E-state index in [4.69, 9.17) is 16.3 Å². The number of halogens is 1. The first-order valence-electron chi connectivity index (χ1n) is 7.31. The number of methoxy groups -OCH3 is 1. The molecule has 2 aromatic rings. The van der Waals surface area contributed by atoms with Crippen molar-refractivity contribution in [2.45, 2.75) is 6.42 Å². The Morgan fingerprint density at radius 2 is 1.92 bits per heavy atom. The summed E-state index contributed by atoms with van der Waals surface area (Å²) in [7, 11) is 2.82. The Balaban J connectivity index is 2.15. The third-order valence-corrected chi connectivity index (χ3v) is 3.59. The molecule has 0 aromatic heterocycles. The maximum Gasteiger partial charge on any atom is 0.325 e. The Hall–Kier alpha value is -2.53. The number of hydrogen-bond acceptors (Lipinski definition) is 4. The highest BCUT2D eigenvalue weighted by Crippen LogP contribution is 2.28. The van der Waals surface area contributed by atoms with Gasteiger partial charge in [0, 0.05) is 17.6 Å². The maximum atomic E-state index is 12.3. The molecule has 0 heterocycles. The molecule has 0 saturated heterocycles. The molecule has 2 rings (SSSR count). The normalized spacial score (nSPS) is 10.1. The second-order valence-corrected chi connectivity index (χ2v) is 5.61. The van der Waals surface area contributed by atoms with E-state index >= 15 is 0 Å². The predicted molar refractivity (Wildman–Crippen MR) is 91.3 cm³/mol. The van der Waals surface area contributed by atoms with Gasteiger partial charge in [0.25, 0.3) is 0 Å². The van der Waals surface area contributed by atoms with Gasteiger partial charge in [0.05, 0.1) is 13.5 Å². The zero-order valence-electron chi connectivity index (χ0n) is 13.5. The molecule has 0 aliphatic rings. The fourth-order valence-corrected chi connectivity index (χ4v) is 2.24. The molecule has 2 aromatic carbocycles. The number of esters is 1. The van der Waals surface area contributed by atoms with Crippen molar-refractivity contribution in [1.82, 2.24) is 4.90 Å². The zero-order chi connectivity index (χ0) is 17.5. The van der Waals surface area contributed by atoms with E-state index in [0.29, 0.717) is 22.1 Å². The molecule has 0 unspecified atom stereocenters. The predicted octanol–water partition coefficient (Wildman–Crippen LogP) is 3.31. The molecule has 24 heavy (non-hydrogen) atoms. The third-order valence-electron chi connectivity index (χ3n) is 3.35. The second-order valence-electron chi connectivity index (χ2n) is 5.17. The van der Waals surface area contributed by atoms with Crippen molar-refractivity contribution in [3.8, 4) is 11.5 Å². The van der Waals surface area contributed by atoms with Crippen LogP contribution >= 0.6 is 11.6 Å². The van der Waals surface area contributed by atoms with Crippen LogP contribution in [0.4, 0.5) is 0 Å². The van der Waals surface area contributed by atoms with Gasteiger partial charge in [0.2, 0.25) is 5.91 Å². The minimum atomic E-state index is -0.474. The van der Waals surface area contributed by atoms with Crippen LogP contribution in [-0.2, 0) is 20.7 Å². The standard InChI is InChI=1S/C18H18ClNO4/c1-20(12-18(22)23-2)17(21)11-13-10-14(19)8-9-16(13)24-15-6-4-3-5-7-15/h3-10H,11-12H2,1-2H3/i18+2. The number of amides is 1. The fraction of sp³-hybridized carbons (Fsp3) is 0.222. The number of carbonyl (C=O) groups is 2. The van der Waals surface area contributed by atoms with Gasteiger partial charge in [0.15, 0.2) is 0 Å². The van der Waals surface area contributed by atoms with Crippen LogP contribution in [0.15, 0.2) is 48.5 Å². The van der Waals surface area contributed by atoms with Crippen LogP contribution in [0.5, 0.6) is 11.5 Å². The highest BCUT2D eigenvalue weighted by Gasteiger charge is 2.16. The lowest BCUT2D eigenvalue weighted by molar-refractivity contribution is -0.145. The number of carbonyl (C=O) groups excluding carboxylic acids is 2.